The van der Waals surface area contributed by atoms with Crippen molar-refractivity contribution in [2.45, 2.75) is 37.9 Å². The first-order chi connectivity index (χ1) is 14.2. The lowest BCUT2D eigenvalue weighted by Crippen LogP contribution is -2.26. The number of nitrogens with zero attached hydrogens (tertiary/aromatic N) is 1. The van der Waals surface area contributed by atoms with Crippen LogP contribution in [0.25, 0.3) is 11.0 Å². The summed E-state index contributed by atoms with van der Waals surface area (Å²) in [7, 11) is 0. The smallest absolute Gasteiger partial charge is 0.422 e. The van der Waals surface area contributed by atoms with Gasteiger partial charge < -0.3 is 15.0 Å². The third-order valence-electron chi connectivity index (χ3n) is 4.97. The number of H-pyrrole nitrogens is 1. The molecule has 1 fully saturated rings. The maximum absolute atomic E-state index is 13.3. The Bertz CT molecular complexity index is 1060. The van der Waals surface area contributed by atoms with Crippen LogP contribution in [0.3, 0.4) is 0 Å². The van der Waals surface area contributed by atoms with E-state index in [9.17, 15) is 22.4 Å². The number of fused-ring (bicyclic) bond motifs is 1. The molecule has 1 aromatic carbocycles. The lowest BCUT2D eigenvalue weighted by Gasteiger charge is -2.12. The zero-order chi connectivity index (χ0) is 21.5. The van der Waals surface area contributed by atoms with E-state index >= 15 is 0 Å². The number of nitrogens with one attached hydrogen (secondary N) is 2. The maximum atomic E-state index is 13.3. The minimum Gasteiger partial charge on any atom is -0.475 e. The average Bonchev–Trinajstić information content (AvgIpc) is 3.08. The fourth-order valence-electron chi connectivity index (χ4n) is 3.39. The Morgan fingerprint density at radius 1 is 1.37 bits per heavy atom. The predicted molar refractivity (Wildman–Crippen MR) is 104 cm³/mol. The lowest BCUT2D eigenvalue weighted by atomic mass is 10.2. The normalized spacial score (nSPS) is 19.6. The monoisotopic (exact) mass is 441 g/mol. The molecule has 0 unspecified atom stereocenters. The summed E-state index contributed by atoms with van der Waals surface area (Å²) in [4.78, 5) is 20.7. The summed E-state index contributed by atoms with van der Waals surface area (Å²) < 4.78 is 54.7. The van der Waals surface area contributed by atoms with Crippen LogP contribution < -0.4 is 10.1 Å². The van der Waals surface area contributed by atoms with Crippen molar-refractivity contribution in [3.8, 4) is 5.06 Å². The molecule has 2 aromatic heterocycles. The zero-order valence-electron chi connectivity index (χ0n) is 15.9. The fourth-order valence-corrected chi connectivity index (χ4v) is 4.25. The van der Waals surface area contributed by atoms with Crippen LogP contribution in [0.1, 0.15) is 42.4 Å². The van der Waals surface area contributed by atoms with Crippen LogP contribution in [0, 0.1) is 11.7 Å². The minimum absolute atomic E-state index is 0.130. The van der Waals surface area contributed by atoms with E-state index in [1.165, 1.54) is 18.2 Å². The number of benzene rings is 1. The number of hydrogen-bond acceptors (Lipinski definition) is 4. The standard InChI is InChI=1S/C20H19F4N3O2S/c1-10(16-4-5-18(30-16)29-9-20(22,23)24)25-17(28)7-11-6-13(11)19-26-14-3-2-12(21)8-15(14)27-19/h2-5,8,10-11,13H,6-7,9H2,1H3,(H,25,28)(H,26,27)/t10-,11+,13+/m1/s1. The van der Waals surface area contributed by atoms with Crippen LogP contribution in [0.4, 0.5) is 17.6 Å². The van der Waals surface area contributed by atoms with Gasteiger partial charge in [-0.3, -0.25) is 4.79 Å². The highest BCUT2D eigenvalue weighted by molar-refractivity contribution is 7.13. The van der Waals surface area contributed by atoms with E-state index in [-0.39, 0.29) is 34.7 Å². The third-order valence-corrected chi connectivity index (χ3v) is 6.15. The molecule has 30 heavy (non-hydrogen) atoms. The number of alkyl halides is 3. The van der Waals surface area contributed by atoms with Crippen LogP contribution >= 0.6 is 11.3 Å². The number of imidazole rings is 1. The molecule has 1 aliphatic carbocycles. The van der Waals surface area contributed by atoms with Crippen LogP contribution in [-0.4, -0.2) is 28.7 Å². The van der Waals surface area contributed by atoms with Crippen molar-refractivity contribution in [2.75, 3.05) is 6.61 Å². The largest absolute Gasteiger partial charge is 0.475 e. The van der Waals surface area contributed by atoms with Crippen LogP contribution in [-0.2, 0) is 4.79 Å². The Labute approximate surface area is 173 Å². The van der Waals surface area contributed by atoms with Crippen molar-refractivity contribution >= 4 is 28.3 Å². The minimum atomic E-state index is -4.39. The molecule has 10 heteroatoms. The van der Waals surface area contributed by atoms with Crippen molar-refractivity contribution in [3.63, 3.8) is 0 Å². The number of ether oxygens (including phenoxy) is 1. The number of carbonyl (C=O) groups excluding carboxylic acids is 1. The fraction of sp³-hybridized carbons (Fsp3) is 0.400. The molecule has 2 heterocycles. The number of halogens is 4. The Morgan fingerprint density at radius 3 is 2.93 bits per heavy atom. The molecule has 4 rings (SSSR count). The Hall–Kier alpha value is -2.62. The molecular formula is C20H19F4N3O2S. The second kappa shape index (κ2) is 7.90. The molecule has 1 aliphatic rings. The topological polar surface area (TPSA) is 67.0 Å². The molecule has 5 nitrogen and oxygen atoms in total. The van der Waals surface area contributed by atoms with E-state index in [1.54, 1.807) is 19.1 Å². The molecule has 1 saturated carbocycles. The van der Waals surface area contributed by atoms with Crippen molar-refractivity contribution in [1.82, 2.24) is 15.3 Å². The number of amides is 1. The van der Waals surface area contributed by atoms with E-state index in [4.69, 9.17) is 4.74 Å². The van der Waals surface area contributed by atoms with Crippen molar-refractivity contribution in [3.05, 3.63) is 46.9 Å². The summed E-state index contributed by atoms with van der Waals surface area (Å²) in [6.07, 6.45) is -3.25. The third kappa shape index (κ3) is 4.92. The van der Waals surface area contributed by atoms with Gasteiger partial charge in [0.05, 0.1) is 17.1 Å². The van der Waals surface area contributed by atoms with Crippen LogP contribution in [0.2, 0.25) is 0 Å². The number of aromatic amines is 1. The van der Waals surface area contributed by atoms with Gasteiger partial charge in [-0.1, -0.05) is 0 Å². The molecule has 1 amide bonds. The molecule has 0 bridgehead atoms. The SMILES string of the molecule is C[C@@H](NC(=O)C[C@@H]1C[C@@H]1c1nc2ccc(F)cc2[nH]1)c1ccc(OCC(F)(F)F)s1. The summed E-state index contributed by atoms with van der Waals surface area (Å²) in [6, 6.07) is 7.15. The van der Waals surface area contributed by atoms with Gasteiger partial charge >= 0.3 is 6.18 Å². The number of rotatable bonds is 7. The van der Waals surface area contributed by atoms with Gasteiger partial charge in [0.2, 0.25) is 5.91 Å². The lowest BCUT2D eigenvalue weighted by molar-refractivity contribution is -0.152. The number of hydrogen-bond donors (Lipinski definition) is 2. The zero-order valence-corrected chi connectivity index (χ0v) is 16.7. The van der Waals surface area contributed by atoms with Crippen LogP contribution in [0.15, 0.2) is 30.3 Å². The van der Waals surface area contributed by atoms with Gasteiger partial charge in [0.25, 0.3) is 0 Å². The molecule has 0 aliphatic heterocycles. The highest BCUT2D eigenvalue weighted by Gasteiger charge is 2.42. The number of carbonyl (C=O) groups is 1. The highest BCUT2D eigenvalue weighted by Crippen LogP contribution is 2.48. The second-order valence-corrected chi connectivity index (χ2v) is 8.52. The molecule has 0 radical (unpaired) electrons. The first kappa shape index (κ1) is 20.6. The first-order valence-electron chi connectivity index (χ1n) is 9.42. The summed E-state index contributed by atoms with van der Waals surface area (Å²) in [5.41, 5.74) is 1.33. The van der Waals surface area contributed by atoms with Gasteiger partial charge in [-0.05, 0) is 49.6 Å². The van der Waals surface area contributed by atoms with Gasteiger partial charge in [0.15, 0.2) is 11.7 Å². The molecule has 3 aromatic rings. The Balaban J connectivity index is 1.28. The first-order valence-corrected chi connectivity index (χ1v) is 10.2. The molecular weight excluding hydrogens is 422 g/mol. The number of aromatic nitrogens is 2. The van der Waals surface area contributed by atoms with Gasteiger partial charge in [-0.25, -0.2) is 9.37 Å². The molecule has 3 atom stereocenters. The Kier molecular flexibility index (Phi) is 5.44. The van der Waals surface area contributed by atoms with Gasteiger partial charge in [-0.2, -0.15) is 13.2 Å². The highest BCUT2D eigenvalue weighted by atomic mass is 32.1. The van der Waals surface area contributed by atoms with Crippen molar-refractivity contribution in [2.24, 2.45) is 5.92 Å². The maximum Gasteiger partial charge on any atom is 0.422 e. The summed E-state index contributed by atoms with van der Waals surface area (Å²) in [5.74, 6) is 0.565. The van der Waals surface area contributed by atoms with E-state index in [0.717, 1.165) is 23.6 Å². The molecule has 0 saturated heterocycles. The molecule has 2 N–H and O–H groups in total. The van der Waals surface area contributed by atoms with Gasteiger partial charge in [0.1, 0.15) is 11.6 Å². The van der Waals surface area contributed by atoms with Crippen molar-refractivity contribution in [1.29, 1.82) is 0 Å². The number of thiophene rings is 1. The predicted octanol–water partition coefficient (Wildman–Crippen LogP) is 5.08. The summed E-state index contributed by atoms with van der Waals surface area (Å²) in [6.45, 7) is 0.431. The van der Waals surface area contributed by atoms with E-state index < -0.39 is 12.8 Å². The second-order valence-electron chi connectivity index (χ2n) is 7.44. The summed E-state index contributed by atoms with van der Waals surface area (Å²) >= 11 is 1.08. The summed E-state index contributed by atoms with van der Waals surface area (Å²) in [5, 5.41) is 3.03. The molecule has 160 valence electrons. The van der Waals surface area contributed by atoms with Crippen molar-refractivity contribution < 1.29 is 27.1 Å². The van der Waals surface area contributed by atoms with Crippen LogP contribution in [0.5, 0.6) is 5.06 Å². The van der Waals surface area contributed by atoms with E-state index in [2.05, 4.69) is 15.3 Å². The molecule has 0 spiro atoms. The Morgan fingerprint density at radius 2 is 2.17 bits per heavy atom. The average molecular weight is 441 g/mol. The van der Waals surface area contributed by atoms with Gasteiger partial charge in [0, 0.05) is 17.2 Å². The quantitative estimate of drug-likeness (QED) is 0.503. The van der Waals surface area contributed by atoms with E-state index in [0.29, 0.717) is 22.3 Å². The van der Waals surface area contributed by atoms with Gasteiger partial charge in [-0.15, -0.1) is 11.3 Å². The van der Waals surface area contributed by atoms with E-state index in [1.807, 2.05) is 0 Å².